The number of carbonyl (C=O) groups is 1. The van der Waals surface area contributed by atoms with E-state index < -0.39 is 0 Å². The first kappa shape index (κ1) is 19.3. The lowest BCUT2D eigenvalue weighted by molar-refractivity contribution is 0.0948. The van der Waals surface area contributed by atoms with E-state index in [9.17, 15) is 9.18 Å². The first-order chi connectivity index (χ1) is 13.1. The summed E-state index contributed by atoms with van der Waals surface area (Å²) in [6.45, 7) is 2.27. The van der Waals surface area contributed by atoms with Crippen LogP contribution in [0.2, 0.25) is 0 Å². The summed E-state index contributed by atoms with van der Waals surface area (Å²) >= 11 is 0. The number of nitrogens with one attached hydrogen (secondary N) is 2. The zero-order chi connectivity index (χ0) is 19.1. The molecule has 0 unspecified atom stereocenters. The quantitative estimate of drug-likeness (QED) is 0.754. The Labute approximate surface area is 159 Å². The number of amides is 1. The van der Waals surface area contributed by atoms with Crippen LogP contribution in [0.25, 0.3) is 0 Å². The second-order valence-electron chi connectivity index (χ2n) is 7.15. The number of anilines is 1. The zero-order valence-corrected chi connectivity index (χ0v) is 15.8. The van der Waals surface area contributed by atoms with Crippen molar-refractivity contribution in [2.75, 3.05) is 11.9 Å². The number of hydrogen-bond donors (Lipinski definition) is 2. The van der Waals surface area contributed by atoms with E-state index in [0.29, 0.717) is 30.5 Å². The van der Waals surface area contributed by atoms with Crippen molar-refractivity contribution in [2.45, 2.75) is 57.9 Å². The van der Waals surface area contributed by atoms with Crippen molar-refractivity contribution in [1.29, 1.82) is 0 Å². The molecule has 0 aliphatic heterocycles. The third-order valence-electron chi connectivity index (χ3n) is 4.89. The van der Waals surface area contributed by atoms with Crippen LogP contribution < -0.4 is 10.6 Å². The maximum absolute atomic E-state index is 12.9. The summed E-state index contributed by atoms with van der Waals surface area (Å²) in [7, 11) is 0. The standard InChI is InChI=1S/C21H27FN4O/c1-15-24-19(14-20(25-15)26-18-6-4-2-3-5-7-18)21(27)23-13-12-16-8-10-17(22)11-9-16/h8-11,14,18H,2-7,12-13H2,1H3,(H,23,27)(H,24,25,26). The van der Waals surface area contributed by atoms with Crippen LogP contribution in [-0.2, 0) is 6.42 Å². The van der Waals surface area contributed by atoms with E-state index in [1.807, 2.05) is 0 Å². The van der Waals surface area contributed by atoms with Crippen LogP contribution in [0.15, 0.2) is 30.3 Å². The second kappa shape index (κ2) is 9.44. The number of aromatic nitrogens is 2. The Hall–Kier alpha value is -2.50. The molecule has 2 N–H and O–H groups in total. The molecule has 0 radical (unpaired) electrons. The number of carbonyl (C=O) groups excluding carboxylic acids is 1. The number of benzene rings is 1. The topological polar surface area (TPSA) is 66.9 Å². The average molecular weight is 370 g/mol. The van der Waals surface area contributed by atoms with E-state index in [1.165, 1.54) is 37.8 Å². The highest BCUT2D eigenvalue weighted by atomic mass is 19.1. The van der Waals surface area contributed by atoms with Crippen molar-refractivity contribution in [3.05, 3.63) is 53.2 Å². The zero-order valence-electron chi connectivity index (χ0n) is 15.8. The fourth-order valence-corrected chi connectivity index (χ4v) is 3.45. The highest BCUT2D eigenvalue weighted by Gasteiger charge is 2.15. The van der Waals surface area contributed by atoms with Gasteiger partial charge in [-0.15, -0.1) is 0 Å². The van der Waals surface area contributed by atoms with E-state index in [-0.39, 0.29) is 11.7 Å². The Kier molecular flexibility index (Phi) is 6.74. The molecule has 1 fully saturated rings. The predicted octanol–water partition coefficient (Wildman–Crippen LogP) is 4.03. The summed E-state index contributed by atoms with van der Waals surface area (Å²) in [5.41, 5.74) is 1.35. The molecule has 0 bridgehead atoms. The average Bonchev–Trinajstić information content (AvgIpc) is 2.91. The predicted molar refractivity (Wildman–Crippen MR) is 104 cm³/mol. The van der Waals surface area contributed by atoms with Crippen LogP contribution in [0.3, 0.4) is 0 Å². The van der Waals surface area contributed by atoms with Crippen LogP contribution >= 0.6 is 0 Å². The Balaban J connectivity index is 1.57. The van der Waals surface area contributed by atoms with Crippen molar-refractivity contribution in [3.8, 4) is 0 Å². The Morgan fingerprint density at radius 1 is 1.11 bits per heavy atom. The van der Waals surface area contributed by atoms with Crippen molar-refractivity contribution in [1.82, 2.24) is 15.3 Å². The molecule has 1 heterocycles. The first-order valence-corrected chi connectivity index (χ1v) is 9.75. The minimum Gasteiger partial charge on any atom is -0.367 e. The van der Waals surface area contributed by atoms with Gasteiger partial charge in [0.15, 0.2) is 0 Å². The molecule has 1 aliphatic rings. The first-order valence-electron chi connectivity index (χ1n) is 9.75. The molecule has 27 heavy (non-hydrogen) atoms. The van der Waals surface area contributed by atoms with Gasteiger partial charge in [-0.3, -0.25) is 4.79 Å². The van der Waals surface area contributed by atoms with Gasteiger partial charge in [0.2, 0.25) is 0 Å². The van der Waals surface area contributed by atoms with Crippen molar-refractivity contribution >= 4 is 11.7 Å². The summed E-state index contributed by atoms with van der Waals surface area (Å²) < 4.78 is 12.9. The van der Waals surface area contributed by atoms with Crippen LogP contribution in [-0.4, -0.2) is 28.5 Å². The number of hydrogen-bond acceptors (Lipinski definition) is 4. The van der Waals surface area contributed by atoms with E-state index >= 15 is 0 Å². The lowest BCUT2D eigenvalue weighted by Gasteiger charge is -2.17. The van der Waals surface area contributed by atoms with Gasteiger partial charge in [-0.2, -0.15) is 0 Å². The molecule has 6 heteroatoms. The lowest BCUT2D eigenvalue weighted by Crippen LogP contribution is -2.27. The van der Waals surface area contributed by atoms with Gasteiger partial charge in [0, 0.05) is 18.7 Å². The molecule has 0 saturated heterocycles. The fourth-order valence-electron chi connectivity index (χ4n) is 3.45. The van der Waals surface area contributed by atoms with Gasteiger partial charge in [-0.05, 0) is 43.9 Å². The van der Waals surface area contributed by atoms with Gasteiger partial charge in [0.05, 0.1) is 0 Å². The molecule has 1 amide bonds. The summed E-state index contributed by atoms with van der Waals surface area (Å²) in [5.74, 6) is 0.829. The highest BCUT2D eigenvalue weighted by Crippen LogP contribution is 2.20. The molecule has 0 spiro atoms. The third-order valence-corrected chi connectivity index (χ3v) is 4.89. The summed E-state index contributed by atoms with van der Waals surface area (Å²) in [4.78, 5) is 21.2. The molecule has 5 nitrogen and oxygen atoms in total. The number of aryl methyl sites for hydroxylation is 1. The molecule has 0 atom stereocenters. The number of halogens is 1. The molecule has 2 aromatic rings. The molecule has 1 aromatic carbocycles. The van der Waals surface area contributed by atoms with E-state index in [1.54, 1.807) is 25.1 Å². The lowest BCUT2D eigenvalue weighted by atomic mass is 10.1. The molecule has 3 rings (SSSR count). The number of nitrogens with zero attached hydrogens (tertiary/aromatic N) is 2. The van der Waals surface area contributed by atoms with Crippen molar-refractivity contribution < 1.29 is 9.18 Å². The maximum atomic E-state index is 12.9. The van der Waals surface area contributed by atoms with Gasteiger partial charge in [-0.1, -0.05) is 37.8 Å². The van der Waals surface area contributed by atoms with Crippen LogP contribution in [0.4, 0.5) is 10.2 Å². The largest absolute Gasteiger partial charge is 0.367 e. The minimum atomic E-state index is -0.257. The smallest absolute Gasteiger partial charge is 0.270 e. The van der Waals surface area contributed by atoms with E-state index in [4.69, 9.17) is 0 Å². The van der Waals surface area contributed by atoms with E-state index in [2.05, 4.69) is 20.6 Å². The normalized spacial score (nSPS) is 15.2. The van der Waals surface area contributed by atoms with Crippen LogP contribution in [0.1, 0.15) is 60.4 Å². The Morgan fingerprint density at radius 2 is 1.81 bits per heavy atom. The molecular weight excluding hydrogens is 343 g/mol. The third kappa shape index (κ3) is 6.01. The summed E-state index contributed by atoms with van der Waals surface area (Å²) in [6, 6.07) is 8.45. The van der Waals surface area contributed by atoms with Gasteiger partial charge < -0.3 is 10.6 Å². The molecule has 1 aliphatic carbocycles. The van der Waals surface area contributed by atoms with Gasteiger partial charge in [-0.25, -0.2) is 14.4 Å². The number of rotatable bonds is 6. The molecule has 1 aromatic heterocycles. The fraction of sp³-hybridized carbons (Fsp3) is 0.476. The van der Waals surface area contributed by atoms with Crippen LogP contribution in [0.5, 0.6) is 0 Å². The molecular formula is C21H27FN4O. The van der Waals surface area contributed by atoms with Gasteiger partial charge in [0.25, 0.3) is 5.91 Å². The molecule has 1 saturated carbocycles. The second-order valence-corrected chi connectivity index (χ2v) is 7.15. The highest BCUT2D eigenvalue weighted by molar-refractivity contribution is 5.92. The molecule has 144 valence electrons. The Morgan fingerprint density at radius 3 is 2.52 bits per heavy atom. The summed E-state index contributed by atoms with van der Waals surface area (Å²) in [6.07, 6.45) is 7.98. The monoisotopic (exact) mass is 370 g/mol. The summed E-state index contributed by atoms with van der Waals surface area (Å²) in [5, 5.41) is 6.36. The SMILES string of the molecule is Cc1nc(NC2CCCCCC2)cc(C(=O)NCCc2ccc(F)cc2)n1. The van der Waals surface area contributed by atoms with Gasteiger partial charge in [0.1, 0.15) is 23.2 Å². The van der Waals surface area contributed by atoms with Crippen LogP contribution in [0, 0.1) is 12.7 Å². The minimum absolute atomic E-state index is 0.216. The Bertz CT molecular complexity index is 755. The van der Waals surface area contributed by atoms with E-state index in [0.717, 1.165) is 24.2 Å². The van der Waals surface area contributed by atoms with Gasteiger partial charge >= 0.3 is 0 Å². The van der Waals surface area contributed by atoms with Crippen molar-refractivity contribution in [3.63, 3.8) is 0 Å². The van der Waals surface area contributed by atoms with Crippen molar-refractivity contribution in [2.24, 2.45) is 0 Å². The maximum Gasteiger partial charge on any atom is 0.270 e.